The average molecular weight is 223 g/mol. The number of hydrogen-bond donors (Lipinski definition) is 0. The standard InChI is InChI=1S/C15H15Si/c1-11-6-5-7-13(10-11)12(2)14-8-3-4-9-15(14)16/h3-10,12H,1-2H3. The second kappa shape index (κ2) is 4.66. The molecule has 1 unspecified atom stereocenters. The van der Waals surface area contributed by atoms with Crippen molar-refractivity contribution in [1.82, 2.24) is 0 Å². The first-order valence-electron chi connectivity index (χ1n) is 5.55. The zero-order valence-electron chi connectivity index (χ0n) is 9.70. The zero-order valence-corrected chi connectivity index (χ0v) is 10.7. The van der Waals surface area contributed by atoms with Gasteiger partial charge in [0, 0.05) is 5.92 Å². The van der Waals surface area contributed by atoms with Crippen LogP contribution in [0.2, 0.25) is 0 Å². The van der Waals surface area contributed by atoms with Crippen molar-refractivity contribution < 1.29 is 0 Å². The molecule has 3 radical (unpaired) electrons. The molecule has 0 nitrogen and oxygen atoms in total. The Morgan fingerprint density at radius 1 is 1.00 bits per heavy atom. The minimum absolute atomic E-state index is 0.425. The Hall–Kier alpha value is -1.34. The minimum atomic E-state index is 0.425. The van der Waals surface area contributed by atoms with E-state index >= 15 is 0 Å². The maximum absolute atomic E-state index is 3.67. The van der Waals surface area contributed by atoms with Gasteiger partial charge in [-0.05, 0) is 18.1 Å². The van der Waals surface area contributed by atoms with E-state index in [1.54, 1.807) is 0 Å². The first-order valence-corrected chi connectivity index (χ1v) is 6.05. The molecule has 0 aromatic heterocycles. The highest BCUT2D eigenvalue weighted by Gasteiger charge is 2.09. The first-order chi connectivity index (χ1) is 7.68. The summed E-state index contributed by atoms with van der Waals surface area (Å²) in [5, 5.41) is 1.18. The van der Waals surface area contributed by atoms with E-state index in [1.165, 1.54) is 21.9 Å². The SMILES string of the molecule is Cc1cccc(C(C)c2ccccc2[Si])c1. The molecule has 0 saturated carbocycles. The highest BCUT2D eigenvalue weighted by molar-refractivity contribution is 6.33. The highest BCUT2D eigenvalue weighted by atomic mass is 28.1. The van der Waals surface area contributed by atoms with Crippen molar-refractivity contribution in [2.75, 3.05) is 0 Å². The van der Waals surface area contributed by atoms with Crippen LogP contribution in [0, 0.1) is 6.92 Å². The molecule has 0 spiro atoms. The van der Waals surface area contributed by atoms with Crippen LogP contribution in [0.5, 0.6) is 0 Å². The van der Waals surface area contributed by atoms with Crippen LogP contribution in [0.4, 0.5) is 0 Å². The van der Waals surface area contributed by atoms with Gasteiger partial charge in [-0.25, -0.2) is 0 Å². The molecule has 0 saturated heterocycles. The van der Waals surface area contributed by atoms with Crippen LogP contribution in [0.15, 0.2) is 48.5 Å². The third-order valence-electron chi connectivity index (χ3n) is 2.97. The number of aryl methyl sites for hydroxylation is 1. The van der Waals surface area contributed by atoms with Crippen LogP contribution < -0.4 is 5.19 Å². The fourth-order valence-corrected chi connectivity index (χ4v) is 2.39. The molecule has 1 heteroatoms. The van der Waals surface area contributed by atoms with Crippen LogP contribution in [-0.4, -0.2) is 10.2 Å². The second-order valence-electron chi connectivity index (χ2n) is 4.22. The van der Waals surface area contributed by atoms with Crippen LogP contribution in [0.3, 0.4) is 0 Å². The topological polar surface area (TPSA) is 0 Å². The number of hydrogen-bond acceptors (Lipinski definition) is 0. The van der Waals surface area contributed by atoms with E-state index in [0.29, 0.717) is 5.92 Å². The van der Waals surface area contributed by atoms with Crippen molar-refractivity contribution in [3.63, 3.8) is 0 Å². The highest BCUT2D eigenvalue weighted by Crippen LogP contribution is 2.22. The average Bonchev–Trinajstić information content (AvgIpc) is 2.29. The van der Waals surface area contributed by atoms with Crippen molar-refractivity contribution in [3.05, 3.63) is 65.2 Å². The van der Waals surface area contributed by atoms with Gasteiger partial charge in [-0.3, -0.25) is 0 Å². The Bertz CT molecular complexity index is 488. The Kier molecular flexibility index (Phi) is 3.25. The van der Waals surface area contributed by atoms with E-state index in [9.17, 15) is 0 Å². The molecule has 2 aromatic carbocycles. The molecule has 0 aliphatic rings. The molecule has 0 aliphatic heterocycles. The van der Waals surface area contributed by atoms with Gasteiger partial charge in [-0.15, -0.1) is 0 Å². The molecule has 16 heavy (non-hydrogen) atoms. The summed E-state index contributed by atoms with van der Waals surface area (Å²) >= 11 is 0. The Labute approximate surface area is 101 Å². The lowest BCUT2D eigenvalue weighted by Gasteiger charge is -2.15. The van der Waals surface area contributed by atoms with Crippen LogP contribution in [0.25, 0.3) is 0 Å². The summed E-state index contributed by atoms with van der Waals surface area (Å²) in [5.74, 6) is 0.425. The van der Waals surface area contributed by atoms with Gasteiger partial charge >= 0.3 is 0 Å². The summed E-state index contributed by atoms with van der Waals surface area (Å²) < 4.78 is 0. The lowest BCUT2D eigenvalue weighted by molar-refractivity contribution is 0.927. The minimum Gasteiger partial charge on any atom is -0.0636 e. The Morgan fingerprint density at radius 2 is 1.75 bits per heavy atom. The van der Waals surface area contributed by atoms with Crippen LogP contribution in [-0.2, 0) is 0 Å². The van der Waals surface area contributed by atoms with Crippen LogP contribution in [0.1, 0.15) is 29.5 Å². The molecule has 0 aliphatic carbocycles. The molecule has 2 rings (SSSR count). The molecular formula is C15H15Si. The third-order valence-corrected chi connectivity index (χ3v) is 3.42. The van der Waals surface area contributed by atoms with E-state index in [4.69, 9.17) is 0 Å². The van der Waals surface area contributed by atoms with E-state index in [-0.39, 0.29) is 0 Å². The van der Waals surface area contributed by atoms with E-state index in [2.05, 4.69) is 72.6 Å². The Balaban J connectivity index is 2.39. The molecule has 0 amide bonds. The van der Waals surface area contributed by atoms with Gasteiger partial charge in [-0.1, -0.05) is 66.2 Å². The van der Waals surface area contributed by atoms with Crippen LogP contribution >= 0.6 is 0 Å². The lowest BCUT2D eigenvalue weighted by Crippen LogP contribution is -2.13. The van der Waals surface area contributed by atoms with Gasteiger partial charge in [0.1, 0.15) is 0 Å². The third kappa shape index (κ3) is 2.25. The molecule has 79 valence electrons. The van der Waals surface area contributed by atoms with Gasteiger partial charge in [0.05, 0.1) is 10.2 Å². The maximum Gasteiger partial charge on any atom is 0.0716 e. The summed E-state index contributed by atoms with van der Waals surface area (Å²) in [6.07, 6.45) is 0. The monoisotopic (exact) mass is 223 g/mol. The van der Waals surface area contributed by atoms with Crippen molar-refractivity contribution in [1.29, 1.82) is 0 Å². The van der Waals surface area contributed by atoms with E-state index in [1.807, 2.05) is 0 Å². The molecular weight excluding hydrogens is 208 g/mol. The molecule has 0 bridgehead atoms. The van der Waals surface area contributed by atoms with Crippen molar-refractivity contribution in [3.8, 4) is 0 Å². The fraction of sp³-hybridized carbons (Fsp3) is 0.200. The van der Waals surface area contributed by atoms with Gasteiger partial charge < -0.3 is 0 Å². The van der Waals surface area contributed by atoms with Gasteiger partial charge in [0.2, 0.25) is 0 Å². The summed E-state index contributed by atoms with van der Waals surface area (Å²) in [6.45, 7) is 4.38. The predicted octanol–water partition coefficient (Wildman–Crippen LogP) is 2.94. The largest absolute Gasteiger partial charge is 0.0716 e. The number of benzene rings is 2. The van der Waals surface area contributed by atoms with Crippen molar-refractivity contribution in [2.24, 2.45) is 0 Å². The quantitative estimate of drug-likeness (QED) is 0.687. The van der Waals surface area contributed by atoms with E-state index in [0.717, 1.165) is 0 Å². The maximum atomic E-state index is 3.67. The smallest absolute Gasteiger partial charge is 0.0636 e. The first kappa shape index (κ1) is 11.2. The second-order valence-corrected chi connectivity index (χ2v) is 4.76. The van der Waals surface area contributed by atoms with Gasteiger partial charge in [0.25, 0.3) is 0 Å². The molecule has 0 heterocycles. The van der Waals surface area contributed by atoms with Gasteiger partial charge in [-0.2, -0.15) is 0 Å². The lowest BCUT2D eigenvalue weighted by atomic mass is 9.92. The summed E-state index contributed by atoms with van der Waals surface area (Å²) in [4.78, 5) is 0. The van der Waals surface area contributed by atoms with E-state index < -0.39 is 0 Å². The molecule has 0 N–H and O–H groups in total. The summed E-state index contributed by atoms with van der Waals surface area (Å²) in [7, 11) is 3.67. The Morgan fingerprint density at radius 3 is 2.44 bits per heavy atom. The van der Waals surface area contributed by atoms with Gasteiger partial charge in [0.15, 0.2) is 0 Å². The normalized spacial score (nSPS) is 12.4. The van der Waals surface area contributed by atoms with Crippen molar-refractivity contribution in [2.45, 2.75) is 19.8 Å². The molecule has 2 aromatic rings. The fourth-order valence-electron chi connectivity index (χ4n) is 1.99. The predicted molar refractivity (Wildman–Crippen MR) is 70.5 cm³/mol. The summed E-state index contributed by atoms with van der Waals surface area (Å²) in [6, 6.07) is 17.1. The summed E-state index contributed by atoms with van der Waals surface area (Å²) in [5.41, 5.74) is 4.02. The van der Waals surface area contributed by atoms with Crippen molar-refractivity contribution >= 4 is 15.4 Å². The number of rotatable bonds is 2. The molecule has 1 atom stereocenters. The molecule has 0 fully saturated rings. The zero-order chi connectivity index (χ0) is 11.5.